The molecule has 1 rings (SSSR count). The maximum atomic E-state index is 9.93. The zero-order valence-corrected chi connectivity index (χ0v) is 9.56. The van der Waals surface area contributed by atoms with E-state index in [1.165, 1.54) is 0 Å². The Morgan fingerprint density at radius 2 is 1.20 bits per heavy atom. The number of halogens is 6. The van der Waals surface area contributed by atoms with Gasteiger partial charge in [-0.2, -0.15) is 0 Å². The van der Waals surface area contributed by atoms with Gasteiger partial charge in [0.15, 0.2) is 0 Å². The molecular formula is C7H5F6OSb. The van der Waals surface area contributed by atoms with E-state index in [2.05, 4.69) is 0 Å². The predicted octanol–water partition coefficient (Wildman–Crippen LogP) is 3.28. The molecule has 0 fully saturated rings. The fourth-order valence-electron chi connectivity index (χ4n) is 0.506. The van der Waals surface area contributed by atoms with E-state index in [1.54, 1.807) is 30.6 Å². The van der Waals surface area contributed by atoms with Crippen molar-refractivity contribution < 1.29 is 21.7 Å². The fraction of sp³-hybridized carbons (Fsp3) is 0. The van der Waals surface area contributed by atoms with Crippen LogP contribution in [0.4, 0.5) is 16.9 Å². The van der Waals surface area contributed by atoms with Crippen LogP contribution in [0.15, 0.2) is 30.3 Å². The number of rotatable bonds is 1. The van der Waals surface area contributed by atoms with E-state index in [-0.39, 0.29) is 0 Å². The van der Waals surface area contributed by atoms with Crippen molar-refractivity contribution in [2.45, 2.75) is 0 Å². The number of carbonyl (C=O) groups excluding carboxylic acids is 1. The van der Waals surface area contributed by atoms with Gasteiger partial charge in [-0.25, -0.2) is 0 Å². The topological polar surface area (TPSA) is 17.1 Å². The molecule has 0 amide bonds. The first kappa shape index (κ1) is 14.2. The summed E-state index contributed by atoms with van der Waals surface area (Å²) in [6.45, 7) is 0. The van der Waals surface area contributed by atoms with Crippen molar-refractivity contribution in [2.75, 3.05) is 0 Å². The first-order chi connectivity index (χ1) is 6.38. The van der Waals surface area contributed by atoms with Gasteiger partial charge in [0, 0.05) is 0 Å². The van der Waals surface area contributed by atoms with Crippen molar-refractivity contribution in [3.05, 3.63) is 35.9 Å². The third-order valence-electron chi connectivity index (χ3n) is 0.892. The Morgan fingerprint density at radius 1 is 0.867 bits per heavy atom. The van der Waals surface area contributed by atoms with Crippen molar-refractivity contribution in [1.82, 2.24) is 0 Å². The van der Waals surface area contributed by atoms with E-state index in [9.17, 15) is 21.7 Å². The summed E-state index contributed by atoms with van der Waals surface area (Å²) >= 11 is -11.2. The molecule has 0 unspecified atom stereocenters. The van der Waals surface area contributed by atoms with Gasteiger partial charge in [0.25, 0.3) is 0 Å². The van der Waals surface area contributed by atoms with E-state index >= 15 is 0 Å². The van der Waals surface area contributed by atoms with Crippen molar-refractivity contribution >= 4 is 25.8 Å². The molecule has 0 radical (unpaired) electrons. The Morgan fingerprint density at radius 3 is 1.40 bits per heavy atom. The molecule has 8 heteroatoms. The van der Waals surface area contributed by atoms with E-state index < -0.39 is 19.5 Å². The predicted molar refractivity (Wildman–Crippen MR) is 43.6 cm³/mol. The Hall–Kier alpha value is -0.802. The van der Waals surface area contributed by atoms with Crippen LogP contribution in [0.5, 0.6) is 0 Å². The molecule has 15 heavy (non-hydrogen) atoms. The van der Waals surface area contributed by atoms with Crippen LogP contribution in [0.3, 0.4) is 0 Å². The monoisotopic (exact) mass is 340 g/mol. The Bertz CT molecular complexity index is 316. The van der Waals surface area contributed by atoms with Crippen molar-refractivity contribution in [3.63, 3.8) is 0 Å². The molecule has 1 aromatic carbocycles. The summed E-state index contributed by atoms with van der Waals surface area (Å²) in [4.78, 5) is 9.88. The molecule has 0 aliphatic carbocycles. The van der Waals surface area contributed by atoms with Gasteiger partial charge in [0.05, 0.1) is 12.1 Å². The number of benzene rings is 1. The molecule has 0 atom stereocenters. The minimum absolute atomic E-state index is 0.604. The van der Waals surface area contributed by atoms with E-state index in [4.69, 9.17) is 0 Å². The first-order valence-electron chi connectivity index (χ1n) is 3.38. The van der Waals surface area contributed by atoms with Crippen molar-refractivity contribution in [1.29, 1.82) is 0 Å². The van der Waals surface area contributed by atoms with Crippen LogP contribution in [0.25, 0.3) is 0 Å². The molecule has 0 heterocycles. The summed E-state index contributed by atoms with van der Waals surface area (Å²) in [6, 6.07) is 8.90. The quantitative estimate of drug-likeness (QED) is 0.435. The number of hydrogen-bond acceptors (Lipinski definition) is 1. The van der Waals surface area contributed by atoms with Gasteiger partial charge in [-0.15, -0.1) is 4.79 Å². The van der Waals surface area contributed by atoms with E-state index in [0.717, 1.165) is 0 Å². The van der Waals surface area contributed by atoms with Crippen molar-refractivity contribution in [3.8, 4) is 0 Å². The Labute approximate surface area is 83.6 Å². The van der Waals surface area contributed by atoms with Gasteiger partial charge >= 0.3 is 42.6 Å². The van der Waals surface area contributed by atoms with Gasteiger partial charge in [-0.1, -0.05) is 0 Å². The molecule has 0 aliphatic heterocycles. The van der Waals surface area contributed by atoms with E-state index in [1.807, 2.05) is 6.07 Å². The normalized spacial score (nSPS) is 15.1. The van der Waals surface area contributed by atoms with Gasteiger partial charge in [-0.05, 0) is 18.2 Å². The molecule has 0 N–H and O–H groups in total. The minimum atomic E-state index is -11.2. The standard InChI is InChI=1S/C7H5O.6FH.Sb/c8-6-7-4-2-1-3-5-7;;;;;;;/h1-5H;6*1H;/q+1;;;;;;;+5/p-6. The molecule has 0 spiro atoms. The zero-order chi connectivity index (χ0) is 12.2. The molecule has 0 aliphatic rings. The van der Waals surface area contributed by atoms with Gasteiger partial charge in [-0.3, -0.25) is 0 Å². The van der Waals surface area contributed by atoms with E-state index in [0.29, 0.717) is 5.56 Å². The summed E-state index contributed by atoms with van der Waals surface area (Å²) < 4.78 is 59.6. The number of hydrogen-bond donors (Lipinski definition) is 0. The summed E-state index contributed by atoms with van der Waals surface area (Å²) in [5.41, 5.74) is 0.604. The zero-order valence-electron chi connectivity index (χ0n) is 7.01. The second-order valence-corrected chi connectivity index (χ2v) is 7.90. The maximum absolute atomic E-state index is 11.2. The molecule has 0 saturated carbocycles. The Kier molecular flexibility index (Phi) is 3.45. The summed E-state index contributed by atoms with van der Waals surface area (Å²) in [6.07, 6.45) is 1.78. The summed E-state index contributed by atoms with van der Waals surface area (Å²) in [5, 5.41) is 0. The van der Waals surface area contributed by atoms with Crippen LogP contribution in [0.1, 0.15) is 5.56 Å². The van der Waals surface area contributed by atoms with Crippen LogP contribution in [0.2, 0.25) is 0 Å². The molecule has 1 nitrogen and oxygen atoms in total. The third-order valence-corrected chi connectivity index (χ3v) is 0.892. The molecule has 86 valence electrons. The second kappa shape index (κ2) is 3.65. The van der Waals surface area contributed by atoms with Gasteiger partial charge < -0.3 is 0 Å². The van der Waals surface area contributed by atoms with Crippen LogP contribution < -0.4 is 0 Å². The van der Waals surface area contributed by atoms with Crippen molar-refractivity contribution in [2.24, 2.45) is 0 Å². The molecule has 0 bridgehead atoms. The van der Waals surface area contributed by atoms with Crippen LogP contribution in [-0.4, -0.2) is 25.8 Å². The molecular weight excluding hydrogens is 336 g/mol. The average Bonchev–Trinajstić information content (AvgIpc) is 2.00. The summed E-state index contributed by atoms with van der Waals surface area (Å²) in [7, 11) is 0. The van der Waals surface area contributed by atoms with Crippen LogP contribution in [0, 0.1) is 0 Å². The molecule has 0 saturated heterocycles. The first-order valence-corrected chi connectivity index (χ1v) is 9.17. The SMILES string of the molecule is O=[C+]c1ccccc1.[F][Sb-]([F])([F])([F])([F])[F]. The molecule has 1 aromatic rings. The Balaban J connectivity index is 0.000000265. The third kappa shape index (κ3) is 19.6. The van der Waals surface area contributed by atoms with Gasteiger partial charge in [0.2, 0.25) is 5.56 Å². The van der Waals surface area contributed by atoms with Crippen LogP contribution >= 0.6 is 0 Å². The fourth-order valence-corrected chi connectivity index (χ4v) is 0.506. The molecule has 0 aromatic heterocycles. The second-order valence-electron chi connectivity index (χ2n) is 2.43. The van der Waals surface area contributed by atoms with Gasteiger partial charge in [0.1, 0.15) is 0 Å². The van der Waals surface area contributed by atoms with Crippen LogP contribution in [-0.2, 0) is 4.79 Å². The average molecular weight is 341 g/mol. The summed E-state index contributed by atoms with van der Waals surface area (Å²) in [5.74, 6) is 0.